The molecule has 1 fully saturated rings. The van der Waals surface area contributed by atoms with Gasteiger partial charge in [0.2, 0.25) is 0 Å². The largest absolute Gasteiger partial charge is 2.00 e. The van der Waals surface area contributed by atoms with Crippen LogP contribution in [0.3, 0.4) is 0 Å². The van der Waals surface area contributed by atoms with Crippen molar-refractivity contribution in [3.63, 3.8) is 0 Å². The van der Waals surface area contributed by atoms with E-state index in [1.54, 1.807) is 0 Å². The molecule has 2 aromatic rings. The third-order valence-corrected chi connectivity index (χ3v) is 5.49. The maximum absolute atomic E-state index is 10.4. The van der Waals surface area contributed by atoms with Gasteiger partial charge in [0.25, 0.3) is 22.7 Å². The normalized spacial score (nSPS) is 13.9. The average molecular weight is 681 g/mol. The van der Waals surface area contributed by atoms with Crippen LogP contribution in [0.15, 0.2) is 36.4 Å². The van der Waals surface area contributed by atoms with E-state index in [1.165, 1.54) is 12.8 Å². The number of carboxylic acids is 2. The molecule has 1 saturated heterocycles. The summed E-state index contributed by atoms with van der Waals surface area (Å²) in [5, 5.41) is 75.8. The monoisotopic (exact) mass is 680 g/mol. The van der Waals surface area contributed by atoms with Crippen molar-refractivity contribution >= 4 is 34.7 Å². The first-order chi connectivity index (χ1) is 20.8. The number of rotatable bonds is 6. The Morgan fingerprint density at radius 3 is 0.867 bits per heavy atom. The van der Waals surface area contributed by atoms with Crippen molar-refractivity contribution in [2.45, 2.75) is 12.8 Å². The molecule has 0 saturated carbocycles. The summed E-state index contributed by atoms with van der Waals surface area (Å²) in [6.45, 7) is 8.87. The summed E-state index contributed by atoms with van der Waals surface area (Å²) in [6.07, 6.45) is 2.44. The summed E-state index contributed by atoms with van der Waals surface area (Å²) in [5.41, 5.74) is -3.86. The van der Waals surface area contributed by atoms with Crippen LogP contribution in [0.25, 0.3) is 0 Å². The van der Waals surface area contributed by atoms with E-state index in [2.05, 4.69) is 21.3 Å². The summed E-state index contributed by atoms with van der Waals surface area (Å²) in [5.74, 6) is -3.41. The molecule has 1 aliphatic rings. The topological polar surface area (TPSA) is 301 Å². The number of nitro benzene ring substituents is 4. The van der Waals surface area contributed by atoms with Gasteiger partial charge in [-0.3, -0.25) is 40.5 Å². The molecule has 20 nitrogen and oxygen atoms in total. The zero-order valence-corrected chi connectivity index (χ0v) is 24.5. The predicted octanol–water partition coefficient (Wildman–Crippen LogP) is -1.13. The molecule has 248 valence electrons. The van der Waals surface area contributed by atoms with E-state index in [0.29, 0.717) is 36.4 Å². The summed E-state index contributed by atoms with van der Waals surface area (Å²) < 4.78 is 0. The van der Waals surface area contributed by atoms with Crippen molar-refractivity contribution in [3.05, 3.63) is 88.0 Å². The number of nitrogens with zero attached hydrogens (tertiary/aromatic N) is 4. The molecule has 1 heterocycles. The number of carbonyl (C=O) groups is 2. The van der Waals surface area contributed by atoms with Crippen molar-refractivity contribution in [1.29, 1.82) is 0 Å². The number of non-ortho nitro benzene ring substituents is 4. The third kappa shape index (κ3) is 16.7. The number of carbonyl (C=O) groups excluding carboxylic acids is 2. The van der Waals surface area contributed by atoms with Crippen molar-refractivity contribution in [1.82, 2.24) is 21.3 Å². The number of aromatic carboxylic acids is 2. The van der Waals surface area contributed by atoms with Gasteiger partial charge in [0.05, 0.1) is 43.8 Å². The quantitative estimate of drug-likeness (QED) is 0.159. The Bertz CT molecular complexity index is 1030. The molecule has 0 unspecified atom stereocenters. The van der Waals surface area contributed by atoms with E-state index in [0.717, 1.165) is 52.4 Å². The number of hydrogen-bond donors (Lipinski definition) is 4. The molecule has 3 rings (SSSR count). The standard InChI is InChI=1S/C10H24N4.2C7H4N2O6.Ni/c1-3-11-7-9-13-5-2-6-14-10-8-12-4-1;2*10-7(11)4-1-5(8(12)13)3-6(2-4)9(14)15;/h11-14H,1-10H2;2*1-3H,(H,10,11);/q;;;+2/p-2. The fourth-order valence-electron chi connectivity index (χ4n) is 3.38. The molecule has 2 aromatic carbocycles. The van der Waals surface area contributed by atoms with E-state index < -0.39 is 65.5 Å². The second kappa shape index (κ2) is 21.9. The second-order valence-electron chi connectivity index (χ2n) is 8.79. The zero-order chi connectivity index (χ0) is 33.1. The fourth-order valence-corrected chi connectivity index (χ4v) is 3.38. The van der Waals surface area contributed by atoms with Gasteiger partial charge in [0.15, 0.2) is 0 Å². The Kier molecular flexibility index (Phi) is 19.6. The number of nitrogens with one attached hydrogen (secondary N) is 4. The molecule has 0 spiro atoms. The van der Waals surface area contributed by atoms with Crippen LogP contribution in [-0.2, 0) is 16.5 Å². The van der Waals surface area contributed by atoms with Gasteiger partial charge in [0, 0.05) is 61.6 Å². The Morgan fingerprint density at radius 2 is 0.689 bits per heavy atom. The van der Waals surface area contributed by atoms with Crippen molar-refractivity contribution in [2.75, 3.05) is 52.4 Å². The van der Waals surface area contributed by atoms with Crippen LogP contribution in [-0.4, -0.2) is 84.0 Å². The Hall–Kier alpha value is -4.69. The fraction of sp³-hybridized carbons (Fsp3) is 0.417. The van der Waals surface area contributed by atoms with E-state index >= 15 is 0 Å². The molecule has 0 radical (unpaired) electrons. The predicted molar refractivity (Wildman–Crippen MR) is 149 cm³/mol. The average Bonchev–Trinajstić information content (AvgIpc) is 2.98. The number of benzene rings is 2. The van der Waals surface area contributed by atoms with Crippen LogP contribution in [0.1, 0.15) is 33.6 Å². The second-order valence-corrected chi connectivity index (χ2v) is 8.79. The number of carboxylic acid groups (broad SMARTS) is 2. The van der Waals surface area contributed by atoms with E-state index in [1.807, 2.05) is 0 Å². The first-order valence-corrected chi connectivity index (χ1v) is 13.0. The van der Waals surface area contributed by atoms with Gasteiger partial charge in [-0.15, -0.1) is 0 Å². The molecular weight excluding hydrogens is 651 g/mol. The van der Waals surface area contributed by atoms with Crippen LogP contribution in [0.2, 0.25) is 0 Å². The maximum Gasteiger partial charge on any atom is 2.00 e. The van der Waals surface area contributed by atoms with Crippen molar-refractivity contribution in [3.8, 4) is 0 Å². The Balaban J connectivity index is 0.000000639. The molecule has 1 aliphatic heterocycles. The van der Waals surface area contributed by atoms with E-state index in [-0.39, 0.29) is 16.5 Å². The Labute approximate surface area is 265 Å². The van der Waals surface area contributed by atoms with Gasteiger partial charge in [-0.1, -0.05) is 0 Å². The molecule has 0 atom stereocenters. The molecule has 0 aliphatic carbocycles. The molecule has 0 amide bonds. The molecular formula is C24H30N8NiO12. The third-order valence-electron chi connectivity index (χ3n) is 5.49. The van der Waals surface area contributed by atoms with Gasteiger partial charge < -0.3 is 41.1 Å². The molecule has 4 N–H and O–H groups in total. The molecule has 0 aromatic heterocycles. The van der Waals surface area contributed by atoms with Gasteiger partial charge in [-0.05, 0) is 39.0 Å². The first-order valence-electron chi connectivity index (χ1n) is 13.0. The van der Waals surface area contributed by atoms with Gasteiger partial charge >= 0.3 is 16.5 Å². The van der Waals surface area contributed by atoms with Crippen LogP contribution < -0.4 is 31.5 Å². The van der Waals surface area contributed by atoms with Gasteiger partial charge in [-0.25, -0.2) is 0 Å². The summed E-state index contributed by atoms with van der Waals surface area (Å²) in [7, 11) is 0. The van der Waals surface area contributed by atoms with E-state index in [4.69, 9.17) is 0 Å². The maximum atomic E-state index is 10.4. The minimum Gasteiger partial charge on any atom is -0.545 e. The van der Waals surface area contributed by atoms with Crippen LogP contribution in [0, 0.1) is 40.5 Å². The van der Waals surface area contributed by atoms with Crippen LogP contribution in [0.4, 0.5) is 22.7 Å². The van der Waals surface area contributed by atoms with Gasteiger partial charge in [0.1, 0.15) is 0 Å². The van der Waals surface area contributed by atoms with Crippen molar-refractivity contribution in [2.24, 2.45) is 0 Å². The van der Waals surface area contributed by atoms with Crippen LogP contribution in [0.5, 0.6) is 0 Å². The molecule has 21 heteroatoms. The van der Waals surface area contributed by atoms with Crippen LogP contribution >= 0.6 is 0 Å². The minimum atomic E-state index is -1.71. The zero-order valence-electron chi connectivity index (χ0n) is 23.5. The Morgan fingerprint density at radius 1 is 0.467 bits per heavy atom. The molecule has 0 bridgehead atoms. The smallest absolute Gasteiger partial charge is 0.545 e. The summed E-state index contributed by atoms with van der Waals surface area (Å²) in [4.78, 5) is 58.4. The van der Waals surface area contributed by atoms with E-state index in [9.17, 15) is 60.3 Å². The minimum absolute atomic E-state index is 0. The first kappa shape index (κ1) is 40.3. The molecule has 45 heavy (non-hydrogen) atoms. The van der Waals surface area contributed by atoms with Gasteiger partial charge in [-0.2, -0.15) is 0 Å². The summed E-state index contributed by atoms with van der Waals surface area (Å²) in [6, 6.07) is 4.13. The summed E-state index contributed by atoms with van der Waals surface area (Å²) >= 11 is 0. The van der Waals surface area contributed by atoms with Crippen molar-refractivity contribution < 1.29 is 56.0 Å². The number of hydrogen-bond acceptors (Lipinski definition) is 16. The number of nitro groups is 4. The SMILES string of the molecule is C1CNCCNCCCNCCNC1.O=C([O-])c1cc([N+](=O)[O-])cc([N+](=O)[O-])c1.O=C([O-])c1cc([N+](=O)[O-])cc([N+](=O)[O-])c1.[Ni+2].